The minimum Gasteiger partial charge on any atom is -0.443 e. The van der Waals surface area contributed by atoms with Gasteiger partial charge in [-0.15, -0.1) is 0 Å². The van der Waals surface area contributed by atoms with Crippen molar-refractivity contribution in [2.75, 3.05) is 6.61 Å². The van der Waals surface area contributed by atoms with Gasteiger partial charge in [0, 0.05) is 6.92 Å². The zero-order valence-electron chi connectivity index (χ0n) is 14.1. The van der Waals surface area contributed by atoms with E-state index < -0.39 is 79.6 Å². The highest BCUT2D eigenvalue weighted by Crippen LogP contribution is 2.30. The molecular weight excluding hydrogens is 396 g/mol. The maximum Gasteiger partial charge on any atom is 0.304 e. The Morgan fingerprint density at radius 2 is 1.63 bits per heavy atom. The fraction of sp³-hybridized carbons (Fsp3) is 0.929. The van der Waals surface area contributed by atoms with Crippen LogP contribution in [0.5, 0.6) is 0 Å². The van der Waals surface area contributed by atoms with E-state index >= 15 is 0 Å². The molecule has 2 fully saturated rings. The average molecular weight is 419 g/mol. The lowest BCUT2D eigenvalue weighted by Gasteiger charge is -2.45. The van der Waals surface area contributed by atoms with Gasteiger partial charge in [0.25, 0.3) is 0 Å². The van der Waals surface area contributed by atoms with Crippen LogP contribution in [-0.4, -0.2) is 115 Å². The first-order valence-corrected chi connectivity index (χ1v) is 8.49. The Balaban J connectivity index is 2.16. The smallest absolute Gasteiger partial charge is 0.304 e. The van der Waals surface area contributed by atoms with Crippen molar-refractivity contribution in [1.29, 1.82) is 0 Å². The van der Waals surface area contributed by atoms with Crippen LogP contribution >= 0.6 is 11.6 Å². The summed E-state index contributed by atoms with van der Waals surface area (Å²) in [6, 6.07) is 0. The van der Waals surface area contributed by atoms with Crippen LogP contribution in [0.4, 0.5) is 0 Å². The Kier molecular flexibility index (Phi) is 7.75. The number of hydrogen-bond donors (Lipinski definition) is 7. The van der Waals surface area contributed by atoms with E-state index in [4.69, 9.17) is 25.8 Å². The summed E-state index contributed by atoms with van der Waals surface area (Å²) in [5, 5.41) is 68.6. The fourth-order valence-corrected chi connectivity index (χ4v) is 3.15. The van der Waals surface area contributed by atoms with E-state index in [1.807, 2.05) is 0 Å². The number of carbonyl (C=O) groups excluding carboxylic acids is 1. The summed E-state index contributed by atoms with van der Waals surface area (Å²) in [7, 11) is 0. The van der Waals surface area contributed by atoms with E-state index in [0.29, 0.717) is 0 Å². The summed E-state index contributed by atoms with van der Waals surface area (Å²) >= 11 is 5.83. The third kappa shape index (κ3) is 4.86. The molecule has 158 valence electrons. The van der Waals surface area contributed by atoms with Gasteiger partial charge in [-0.2, -0.15) is 0 Å². The summed E-state index contributed by atoms with van der Waals surface area (Å²) in [5.74, 6) is -0.794. The second-order valence-corrected chi connectivity index (χ2v) is 6.66. The molecule has 0 amide bonds. The van der Waals surface area contributed by atoms with Crippen molar-refractivity contribution in [2.45, 2.75) is 73.9 Å². The maximum atomic E-state index is 11.0. The molecule has 11 atom stereocenters. The SMILES string of the molecule is CC(=O)OC(Cl)[C@H]1O[C@@H](O[C@H]2[C@H](O)[C@@H](O)[C@H](O)O[C@@H]2CO)[C@H](O)[C@@H](O)[C@@H]1O. The van der Waals surface area contributed by atoms with E-state index in [1.165, 1.54) is 0 Å². The molecule has 2 rings (SSSR count). The number of aliphatic hydroxyl groups is 7. The van der Waals surface area contributed by atoms with Crippen LogP contribution in [0.25, 0.3) is 0 Å². The highest BCUT2D eigenvalue weighted by molar-refractivity contribution is 6.20. The van der Waals surface area contributed by atoms with E-state index in [-0.39, 0.29) is 0 Å². The van der Waals surface area contributed by atoms with Gasteiger partial charge in [0.2, 0.25) is 5.56 Å². The number of ether oxygens (including phenoxy) is 4. The fourth-order valence-electron chi connectivity index (χ4n) is 2.82. The van der Waals surface area contributed by atoms with Crippen molar-refractivity contribution in [1.82, 2.24) is 0 Å². The summed E-state index contributed by atoms with van der Waals surface area (Å²) in [4.78, 5) is 11.0. The summed E-state index contributed by atoms with van der Waals surface area (Å²) in [6.45, 7) is 0.326. The first-order valence-electron chi connectivity index (χ1n) is 8.05. The van der Waals surface area contributed by atoms with E-state index in [2.05, 4.69) is 4.74 Å². The first-order chi connectivity index (χ1) is 12.6. The predicted octanol–water partition coefficient (Wildman–Crippen LogP) is -4.26. The standard InChI is InChI=1S/C14H23ClO12/c1-3(17)24-12(15)11-6(19)5(18)9(22)14(27-11)26-10-4(2-16)25-13(23)8(21)7(10)20/h4-14,16,18-23H,2H2,1H3/t4-,5+,6+,7-,8-,9-,10-,11+,12?,13-,14-/m1/s1. The molecule has 0 saturated carbocycles. The Bertz CT molecular complexity index is 506. The minimum absolute atomic E-state index is 0.728. The largest absolute Gasteiger partial charge is 0.443 e. The van der Waals surface area contributed by atoms with Crippen LogP contribution in [-0.2, 0) is 23.7 Å². The second-order valence-electron chi connectivity index (χ2n) is 6.23. The number of aliphatic hydroxyl groups excluding tert-OH is 7. The third-order valence-electron chi connectivity index (χ3n) is 4.27. The molecule has 7 N–H and O–H groups in total. The molecule has 2 aliphatic rings. The molecule has 0 aromatic carbocycles. The van der Waals surface area contributed by atoms with Gasteiger partial charge in [-0.05, 0) is 0 Å². The van der Waals surface area contributed by atoms with Crippen LogP contribution in [0.15, 0.2) is 0 Å². The first kappa shape index (κ1) is 22.6. The molecule has 0 aromatic heterocycles. The Morgan fingerprint density at radius 1 is 1.00 bits per heavy atom. The molecule has 2 saturated heterocycles. The van der Waals surface area contributed by atoms with Crippen molar-refractivity contribution < 1.29 is 59.5 Å². The van der Waals surface area contributed by atoms with Crippen LogP contribution in [0, 0.1) is 0 Å². The lowest BCUT2D eigenvalue weighted by atomic mass is 9.97. The Morgan fingerprint density at radius 3 is 2.19 bits per heavy atom. The maximum absolute atomic E-state index is 11.0. The molecular formula is C14H23ClO12. The van der Waals surface area contributed by atoms with Gasteiger partial charge < -0.3 is 54.7 Å². The van der Waals surface area contributed by atoms with Gasteiger partial charge in [-0.1, -0.05) is 11.6 Å². The van der Waals surface area contributed by atoms with Gasteiger partial charge in [-0.25, -0.2) is 0 Å². The third-order valence-corrected chi connectivity index (χ3v) is 4.61. The van der Waals surface area contributed by atoms with Crippen molar-refractivity contribution in [2.24, 2.45) is 0 Å². The molecule has 0 bridgehead atoms. The second kappa shape index (κ2) is 9.24. The number of carbonyl (C=O) groups is 1. The molecule has 0 spiro atoms. The molecule has 12 nitrogen and oxygen atoms in total. The van der Waals surface area contributed by atoms with Gasteiger partial charge in [0.1, 0.15) is 48.8 Å². The zero-order valence-corrected chi connectivity index (χ0v) is 14.9. The number of rotatable bonds is 5. The topological polar surface area (TPSA) is 196 Å². The number of alkyl halides is 1. The van der Waals surface area contributed by atoms with Gasteiger partial charge in [0.05, 0.1) is 6.61 Å². The molecule has 0 radical (unpaired) electrons. The molecule has 13 heteroatoms. The quantitative estimate of drug-likeness (QED) is 0.168. The lowest BCUT2D eigenvalue weighted by Crippen LogP contribution is -2.65. The number of halogens is 1. The lowest BCUT2D eigenvalue weighted by molar-refractivity contribution is -0.356. The molecule has 0 aliphatic carbocycles. The van der Waals surface area contributed by atoms with E-state index in [1.54, 1.807) is 0 Å². The van der Waals surface area contributed by atoms with Crippen LogP contribution in [0.3, 0.4) is 0 Å². The van der Waals surface area contributed by atoms with Crippen LogP contribution < -0.4 is 0 Å². The summed E-state index contributed by atoms with van der Waals surface area (Å²) in [5.41, 5.74) is -1.54. The number of hydrogen-bond acceptors (Lipinski definition) is 12. The summed E-state index contributed by atoms with van der Waals surface area (Å²) in [6.07, 6.45) is -16.7. The zero-order chi connectivity index (χ0) is 20.5. The van der Waals surface area contributed by atoms with Crippen molar-refractivity contribution >= 4 is 17.6 Å². The number of esters is 1. The highest BCUT2D eigenvalue weighted by Gasteiger charge is 2.51. The molecule has 1 unspecified atom stereocenters. The van der Waals surface area contributed by atoms with Gasteiger partial charge >= 0.3 is 5.97 Å². The minimum atomic E-state index is -1.83. The van der Waals surface area contributed by atoms with Gasteiger partial charge in [-0.3, -0.25) is 4.79 Å². The molecule has 2 heterocycles. The van der Waals surface area contributed by atoms with E-state index in [0.717, 1.165) is 6.92 Å². The summed E-state index contributed by atoms with van der Waals surface area (Å²) < 4.78 is 20.2. The normalized spacial score (nSPS) is 46.7. The molecule has 2 aliphatic heterocycles. The Hall–Kier alpha value is -0.640. The van der Waals surface area contributed by atoms with Crippen molar-refractivity contribution in [3.8, 4) is 0 Å². The predicted molar refractivity (Wildman–Crippen MR) is 82.9 cm³/mol. The average Bonchev–Trinajstić information content (AvgIpc) is 2.61. The molecule has 0 aromatic rings. The van der Waals surface area contributed by atoms with Crippen LogP contribution in [0.2, 0.25) is 0 Å². The monoisotopic (exact) mass is 418 g/mol. The highest BCUT2D eigenvalue weighted by atomic mass is 35.5. The van der Waals surface area contributed by atoms with Crippen molar-refractivity contribution in [3.63, 3.8) is 0 Å². The van der Waals surface area contributed by atoms with Crippen LogP contribution in [0.1, 0.15) is 6.92 Å². The van der Waals surface area contributed by atoms with Gasteiger partial charge in [0.15, 0.2) is 12.6 Å². The molecule has 27 heavy (non-hydrogen) atoms. The van der Waals surface area contributed by atoms with E-state index in [9.17, 15) is 40.5 Å². The van der Waals surface area contributed by atoms with Crippen molar-refractivity contribution in [3.05, 3.63) is 0 Å². The Labute approximate surface area is 158 Å².